The molecular formula is C19H14Cl2N2O6. The molecule has 0 spiro atoms. The number of benzene rings is 2. The lowest BCUT2D eigenvalue weighted by Crippen LogP contribution is -2.15. The molecule has 1 amide bonds. The fraction of sp³-hybridized carbons (Fsp3) is 0.105. The summed E-state index contributed by atoms with van der Waals surface area (Å²) in [6.45, 7) is 0. The van der Waals surface area contributed by atoms with Crippen molar-refractivity contribution in [2.75, 3.05) is 19.5 Å². The predicted molar refractivity (Wildman–Crippen MR) is 106 cm³/mol. The van der Waals surface area contributed by atoms with Gasteiger partial charge >= 0.3 is 5.97 Å². The number of nitrogens with one attached hydrogen (secondary N) is 1. The van der Waals surface area contributed by atoms with E-state index in [0.717, 1.165) is 6.26 Å². The Morgan fingerprint density at radius 2 is 1.76 bits per heavy atom. The minimum absolute atomic E-state index is 0.0132. The summed E-state index contributed by atoms with van der Waals surface area (Å²) in [5.74, 6) is -1.30. The van der Waals surface area contributed by atoms with Crippen molar-refractivity contribution in [3.05, 3.63) is 57.9 Å². The number of hydrogen-bond donors (Lipinski definition) is 2. The van der Waals surface area contributed by atoms with Crippen LogP contribution in [0.2, 0.25) is 10.0 Å². The van der Waals surface area contributed by atoms with Crippen LogP contribution in [0.1, 0.15) is 20.8 Å². The van der Waals surface area contributed by atoms with E-state index >= 15 is 0 Å². The van der Waals surface area contributed by atoms with Gasteiger partial charge in [-0.2, -0.15) is 0 Å². The number of oxazole rings is 1. The van der Waals surface area contributed by atoms with Gasteiger partial charge < -0.3 is 24.3 Å². The van der Waals surface area contributed by atoms with Gasteiger partial charge in [-0.1, -0.05) is 23.2 Å². The number of rotatable bonds is 6. The molecule has 3 rings (SSSR count). The molecule has 2 aromatic carbocycles. The van der Waals surface area contributed by atoms with E-state index in [2.05, 4.69) is 10.3 Å². The quantitative estimate of drug-likeness (QED) is 0.579. The Morgan fingerprint density at radius 1 is 1.07 bits per heavy atom. The smallest absolute Gasteiger partial charge is 0.337 e. The number of carbonyl (C=O) groups is 2. The second-order valence-electron chi connectivity index (χ2n) is 5.68. The summed E-state index contributed by atoms with van der Waals surface area (Å²) in [7, 11) is 2.77. The summed E-state index contributed by atoms with van der Waals surface area (Å²) in [4.78, 5) is 28.2. The van der Waals surface area contributed by atoms with Gasteiger partial charge in [-0.3, -0.25) is 4.79 Å². The Hall–Kier alpha value is -3.23. The molecular weight excluding hydrogens is 423 g/mol. The zero-order chi connectivity index (χ0) is 21.1. The third-order valence-corrected chi connectivity index (χ3v) is 4.64. The standard InChI is InChI=1S/C19H14Cl2N2O6/c1-27-15-6-10(19(25)26)13(7-16(15)28-2)22-17(24)14-8-29-18(23-14)9-3-4-11(20)12(21)5-9/h3-8H,1-2H3,(H,22,24)(H,25,26). The highest BCUT2D eigenvalue weighted by Crippen LogP contribution is 2.34. The monoisotopic (exact) mass is 436 g/mol. The molecule has 2 N–H and O–H groups in total. The van der Waals surface area contributed by atoms with Gasteiger partial charge in [0.25, 0.3) is 5.91 Å². The number of nitrogens with zero attached hydrogens (tertiary/aromatic N) is 1. The van der Waals surface area contributed by atoms with Crippen LogP contribution in [-0.4, -0.2) is 36.2 Å². The van der Waals surface area contributed by atoms with Crippen molar-refractivity contribution in [2.24, 2.45) is 0 Å². The van der Waals surface area contributed by atoms with Crippen LogP contribution in [0.4, 0.5) is 5.69 Å². The number of methoxy groups -OCH3 is 2. The number of amides is 1. The molecule has 0 saturated heterocycles. The number of carboxylic acid groups (broad SMARTS) is 1. The zero-order valence-corrected chi connectivity index (χ0v) is 16.7. The highest BCUT2D eigenvalue weighted by atomic mass is 35.5. The second-order valence-corrected chi connectivity index (χ2v) is 6.49. The molecule has 0 aliphatic heterocycles. The Labute approximate surface area is 175 Å². The summed E-state index contributed by atoms with van der Waals surface area (Å²) in [6, 6.07) is 7.36. The molecule has 0 unspecified atom stereocenters. The molecule has 0 fully saturated rings. The molecule has 0 radical (unpaired) electrons. The molecule has 0 atom stereocenters. The van der Waals surface area contributed by atoms with Crippen molar-refractivity contribution < 1.29 is 28.6 Å². The van der Waals surface area contributed by atoms with Crippen molar-refractivity contribution >= 4 is 40.8 Å². The van der Waals surface area contributed by atoms with E-state index in [1.54, 1.807) is 18.2 Å². The molecule has 1 heterocycles. The third-order valence-electron chi connectivity index (χ3n) is 3.91. The lowest BCUT2D eigenvalue weighted by molar-refractivity contribution is 0.0697. The lowest BCUT2D eigenvalue weighted by Gasteiger charge is -2.13. The minimum atomic E-state index is -1.25. The first-order valence-electron chi connectivity index (χ1n) is 8.05. The molecule has 0 bridgehead atoms. The number of carboxylic acids is 1. The summed E-state index contributed by atoms with van der Waals surface area (Å²) >= 11 is 11.9. The maximum atomic E-state index is 12.6. The van der Waals surface area contributed by atoms with Crippen molar-refractivity contribution in [1.82, 2.24) is 4.98 Å². The van der Waals surface area contributed by atoms with Crippen molar-refractivity contribution in [3.63, 3.8) is 0 Å². The van der Waals surface area contributed by atoms with Crippen LogP contribution >= 0.6 is 23.2 Å². The highest BCUT2D eigenvalue weighted by Gasteiger charge is 2.20. The molecule has 0 aliphatic rings. The van der Waals surface area contributed by atoms with Gasteiger partial charge in [-0.15, -0.1) is 0 Å². The van der Waals surface area contributed by atoms with Crippen LogP contribution in [0.3, 0.4) is 0 Å². The average molecular weight is 437 g/mol. The van der Waals surface area contributed by atoms with Gasteiger partial charge in [0.15, 0.2) is 17.2 Å². The van der Waals surface area contributed by atoms with Gasteiger partial charge in [0.1, 0.15) is 6.26 Å². The van der Waals surface area contributed by atoms with Gasteiger partial charge in [0.2, 0.25) is 5.89 Å². The van der Waals surface area contributed by atoms with Crippen LogP contribution < -0.4 is 14.8 Å². The molecule has 0 aliphatic carbocycles. The van der Waals surface area contributed by atoms with E-state index in [-0.39, 0.29) is 34.3 Å². The SMILES string of the molecule is COc1cc(NC(=O)c2coc(-c3ccc(Cl)c(Cl)c3)n2)c(C(=O)O)cc1OC. The van der Waals surface area contributed by atoms with Crippen LogP contribution in [-0.2, 0) is 0 Å². The molecule has 8 nitrogen and oxygen atoms in total. The number of halogens is 2. The summed E-state index contributed by atoms with van der Waals surface area (Å²) in [5.41, 5.74) is 0.302. The van der Waals surface area contributed by atoms with E-state index in [9.17, 15) is 14.7 Å². The van der Waals surface area contributed by atoms with E-state index in [1.807, 2.05) is 0 Å². The number of hydrogen-bond acceptors (Lipinski definition) is 6. The van der Waals surface area contributed by atoms with Crippen LogP contribution in [0, 0.1) is 0 Å². The molecule has 3 aromatic rings. The third kappa shape index (κ3) is 4.28. The molecule has 0 saturated carbocycles. The number of anilines is 1. The topological polar surface area (TPSA) is 111 Å². The van der Waals surface area contributed by atoms with E-state index in [0.29, 0.717) is 15.6 Å². The Bertz CT molecular complexity index is 1100. The average Bonchev–Trinajstić information content (AvgIpc) is 3.19. The number of aromatic carboxylic acids is 1. The zero-order valence-electron chi connectivity index (χ0n) is 15.2. The first-order valence-corrected chi connectivity index (χ1v) is 8.81. The molecule has 29 heavy (non-hydrogen) atoms. The Balaban J connectivity index is 1.90. The molecule has 150 valence electrons. The summed E-state index contributed by atoms with van der Waals surface area (Å²) < 4.78 is 15.6. The number of aromatic nitrogens is 1. The van der Waals surface area contributed by atoms with Gasteiger partial charge in [0.05, 0.1) is 35.5 Å². The van der Waals surface area contributed by atoms with E-state index in [4.69, 9.17) is 37.1 Å². The maximum absolute atomic E-state index is 12.6. The van der Waals surface area contributed by atoms with E-state index in [1.165, 1.54) is 26.4 Å². The largest absolute Gasteiger partial charge is 0.493 e. The van der Waals surface area contributed by atoms with Crippen LogP contribution in [0.25, 0.3) is 11.5 Å². The van der Waals surface area contributed by atoms with Gasteiger partial charge in [0, 0.05) is 17.7 Å². The number of ether oxygens (including phenoxy) is 2. The van der Waals surface area contributed by atoms with E-state index < -0.39 is 11.9 Å². The van der Waals surface area contributed by atoms with Crippen molar-refractivity contribution in [1.29, 1.82) is 0 Å². The fourth-order valence-corrected chi connectivity index (χ4v) is 2.78. The van der Waals surface area contributed by atoms with Crippen LogP contribution in [0.5, 0.6) is 11.5 Å². The Morgan fingerprint density at radius 3 is 2.38 bits per heavy atom. The molecule has 1 aromatic heterocycles. The molecule has 10 heteroatoms. The van der Waals surface area contributed by atoms with Crippen molar-refractivity contribution in [2.45, 2.75) is 0 Å². The van der Waals surface area contributed by atoms with Gasteiger partial charge in [-0.25, -0.2) is 9.78 Å². The Kier molecular flexibility index (Phi) is 5.95. The fourth-order valence-electron chi connectivity index (χ4n) is 2.49. The summed E-state index contributed by atoms with van der Waals surface area (Å²) in [5, 5.41) is 12.6. The maximum Gasteiger partial charge on any atom is 0.337 e. The minimum Gasteiger partial charge on any atom is -0.493 e. The summed E-state index contributed by atoms with van der Waals surface area (Å²) in [6.07, 6.45) is 1.15. The first kappa shape index (κ1) is 20.5. The predicted octanol–water partition coefficient (Wildman–Crippen LogP) is 4.62. The number of carbonyl (C=O) groups excluding carboxylic acids is 1. The van der Waals surface area contributed by atoms with Crippen LogP contribution in [0.15, 0.2) is 41.0 Å². The second kappa shape index (κ2) is 8.42. The first-order chi connectivity index (χ1) is 13.8. The van der Waals surface area contributed by atoms with Gasteiger partial charge in [-0.05, 0) is 18.2 Å². The van der Waals surface area contributed by atoms with Crippen molar-refractivity contribution in [3.8, 4) is 23.0 Å². The lowest BCUT2D eigenvalue weighted by atomic mass is 10.1. The normalized spacial score (nSPS) is 10.5. The highest BCUT2D eigenvalue weighted by molar-refractivity contribution is 6.42.